The van der Waals surface area contributed by atoms with Crippen LogP contribution in [-0.2, 0) is 9.53 Å². The number of aliphatic hydroxyl groups is 1. The van der Waals surface area contributed by atoms with Gasteiger partial charge in [-0.05, 0) is 111 Å². The Balaban J connectivity index is 1.11. The summed E-state index contributed by atoms with van der Waals surface area (Å²) in [5.74, 6) is 1.78. The number of hydrazine groups is 1. The first-order valence-electron chi connectivity index (χ1n) is 18.6. The van der Waals surface area contributed by atoms with Crippen molar-refractivity contribution in [2.75, 3.05) is 44.8 Å². The normalized spacial score (nSPS) is 22.4. The number of anilines is 1. The van der Waals surface area contributed by atoms with Gasteiger partial charge in [0.15, 0.2) is 0 Å². The summed E-state index contributed by atoms with van der Waals surface area (Å²) >= 11 is 0. The summed E-state index contributed by atoms with van der Waals surface area (Å²) < 4.78 is 11.0. The third-order valence-corrected chi connectivity index (χ3v) is 11.2. The van der Waals surface area contributed by atoms with Crippen molar-refractivity contribution in [3.05, 3.63) is 65.4 Å². The molecule has 10 heteroatoms. The van der Waals surface area contributed by atoms with Gasteiger partial charge < -0.3 is 29.4 Å². The molecule has 1 unspecified atom stereocenters. The minimum atomic E-state index is -0.336. The Labute approximate surface area is 297 Å². The second-order valence-corrected chi connectivity index (χ2v) is 14.7. The summed E-state index contributed by atoms with van der Waals surface area (Å²) in [6.07, 6.45) is 12.1. The fourth-order valence-corrected chi connectivity index (χ4v) is 8.08. The number of hydrogen-bond donors (Lipinski definition) is 2. The molecule has 2 aromatic carbocycles. The number of nitriles is 1. The number of ether oxygens (including phenoxy) is 2. The monoisotopic (exact) mass is 683 g/mol. The van der Waals surface area contributed by atoms with E-state index in [2.05, 4.69) is 52.9 Å². The number of carbonyl (C=O) groups is 2. The lowest BCUT2D eigenvalue weighted by Crippen LogP contribution is -2.43. The van der Waals surface area contributed by atoms with Crippen LogP contribution in [0.4, 0.5) is 10.5 Å². The Bertz CT molecular complexity index is 1550. The van der Waals surface area contributed by atoms with E-state index in [1.54, 1.807) is 12.0 Å². The lowest BCUT2D eigenvalue weighted by atomic mass is 9.78. The number of methoxy groups -OCH3 is 1. The van der Waals surface area contributed by atoms with Crippen LogP contribution in [0, 0.1) is 23.2 Å². The first-order valence-corrected chi connectivity index (χ1v) is 18.6. The van der Waals surface area contributed by atoms with Crippen molar-refractivity contribution in [3.63, 3.8) is 0 Å². The molecule has 2 aliphatic carbocycles. The number of amides is 2. The van der Waals surface area contributed by atoms with Crippen LogP contribution in [0.25, 0.3) is 5.57 Å². The molecule has 6 rings (SSSR count). The minimum absolute atomic E-state index is 0.0704. The van der Waals surface area contributed by atoms with Gasteiger partial charge >= 0.3 is 6.09 Å². The van der Waals surface area contributed by atoms with Crippen molar-refractivity contribution in [1.29, 1.82) is 5.26 Å². The van der Waals surface area contributed by atoms with Gasteiger partial charge in [0.25, 0.3) is 0 Å². The van der Waals surface area contributed by atoms with E-state index in [0.29, 0.717) is 55.6 Å². The Kier molecular flexibility index (Phi) is 12.0. The van der Waals surface area contributed by atoms with E-state index >= 15 is 0 Å². The van der Waals surface area contributed by atoms with Crippen molar-refractivity contribution >= 4 is 23.3 Å². The van der Waals surface area contributed by atoms with E-state index in [0.717, 1.165) is 74.7 Å². The second-order valence-electron chi connectivity index (χ2n) is 14.7. The van der Waals surface area contributed by atoms with Gasteiger partial charge in [0.05, 0.1) is 24.8 Å². The first-order chi connectivity index (χ1) is 24.3. The largest absolute Gasteiger partial charge is 0.495 e. The zero-order valence-electron chi connectivity index (χ0n) is 29.7. The highest BCUT2D eigenvalue weighted by Crippen LogP contribution is 2.39. The zero-order chi connectivity index (χ0) is 35.0. The van der Waals surface area contributed by atoms with Crippen molar-refractivity contribution < 1.29 is 24.2 Å². The standard InChI is InChI=1S/C40H53N5O5/c1-28(27-50-40(48)43-19-17-37(46)18-20-43)45-26-35(24-42-45)32-9-6-10-36(22-32)44(39(47)31-7-4-3-5-8-31)25-29-11-13-30(14-12-29)33-15-16-38(49-2)34(21-33)23-41/h6,9-10,15-16,21-22,26,28-31,37,42,46H,3-5,7-8,11-14,17-20,24-25,27H2,1-2H3. The number of piperidine rings is 1. The summed E-state index contributed by atoms with van der Waals surface area (Å²) in [6, 6.07) is 16.6. The molecule has 1 atom stereocenters. The molecular weight excluding hydrogens is 630 g/mol. The van der Waals surface area contributed by atoms with Gasteiger partial charge in [-0.3, -0.25) is 4.79 Å². The summed E-state index contributed by atoms with van der Waals surface area (Å²) in [4.78, 5) is 30.5. The number of benzene rings is 2. The van der Waals surface area contributed by atoms with Crippen LogP contribution in [0.15, 0.2) is 48.7 Å². The topological polar surface area (TPSA) is 118 Å². The van der Waals surface area contributed by atoms with Crippen LogP contribution in [0.2, 0.25) is 0 Å². The lowest BCUT2D eigenvalue weighted by molar-refractivity contribution is -0.123. The molecule has 0 aromatic heterocycles. The smallest absolute Gasteiger partial charge is 0.409 e. The van der Waals surface area contributed by atoms with Gasteiger partial charge in [0.2, 0.25) is 5.91 Å². The zero-order valence-corrected chi connectivity index (χ0v) is 29.7. The predicted molar refractivity (Wildman–Crippen MR) is 193 cm³/mol. The number of nitrogens with zero attached hydrogens (tertiary/aromatic N) is 4. The number of nitrogens with one attached hydrogen (secondary N) is 1. The maximum absolute atomic E-state index is 14.2. The number of likely N-dealkylation sites (tertiary alicyclic amines) is 1. The third-order valence-electron chi connectivity index (χ3n) is 11.2. The second kappa shape index (κ2) is 16.8. The third kappa shape index (κ3) is 8.62. The van der Waals surface area contributed by atoms with Crippen molar-refractivity contribution in [2.45, 2.75) is 95.6 Å². The molecule has 2 heterocycles. The van der Waals surface area contributed by atoms with Crippen molar-refractivity contribution in [2.24, 2.45) is 11.8 Å². The SMILES string of the molecule is COc1ccc(C2CCC(CN(C(=O)C3CCCCC3)c3cccc(C4=CN(C(C)COC(=O)N5CCC(O)CC5)NC4)c3)CC2)cc1C#N. The van der Waals surface area contributed by atoms with Crippen LogP contribution in [0.3, 0.4) is 0 Å². The quantitative estimate of drug-likeness (QED) is 0.288. The summed E-state index contributed by atoms with van der Waals surface area (Å²) in [5.41, 5.74) is 8.37. The van der Waals surface area contributed by atoms with Crippen LogP contribution < -0.4 is 15.1 Å². The van der Waals surface area contributed by atoms with Crippen LogP contribution in [0.5, 0.6) is 5.75 Å². The molecule has 10 nitrogen and oxygen atoms in total. The van der Waals surface area contributed by atoms with E-state index in [9.17, 15) is 20.0 Å². The molecule has 2 saturated carbocycles. The Hall–Kier alpha value is -4.07. The fourth-order valence-electron chi connectivity index (χ4n) is 8.08. The van der Waals surface area contributed by atoms with Crippen molar-refractivity contribution in [1.82, 2.24) is 15.3 Å². The van der Waals surface area contributed by atoms with E-state index in [1.165, 1.54) is 12.0 Å². The van der Waals surface area contributed by atoms with Gasteiger partial charge in [-0.15, -0.1) is 0 Å². The molecule has 4 aliphatic rings. The molecule has 2 amide bonds. The number of rotatable bonds is 10. The van der Waals surface area contributed by atoms with E-state index in [-0.39, 0.29) is 36.7 Å². The summed E-state index contributed by atoms with van der Waals surface area (Å²) in [5, 5.41) is 21.3. The Morgan fingerprint density at radius 3 is 2.50 bits per heavy atom. The summed E-state index contributed by atoms with van der Waals surface area (Å²) in [6.45, 7) is 4.67. The predicted octanol–water partition coefficient (Wildman–Crippen LogP) is 6.60. The van der Waals surface area contributed by atoms with E-state index in [4.69, 9.17) is 9.47 Å². The van der Waals surface area contributed by atoms with Crippen molar-refractivity contribution in [3.8, 4) is 11.8 Å². The number of carbonyl (C=O) groups excluding carboxylic acids is 2. The highest BCUT2D eigenvalue weighted by molar-refractivity contribution is 5.95. The van der Waals surface area contributed by atoms with Gasteiger partial charge in [0, 0.05) is 44.0 Å². The Morgan fingerprint density at radius 1 is 1.02 bits per heavy atom. The average molecular weight is 684 g/mol. The van der Waals surface area contributed by atoms with Crippen LogP contribution >= 0.6 is 0 Å². The molecule has 3 fully saturated rings. The molecule has 268 valence electrons. The fraction of sp³-hybridized carbons (Fsp3) is 0.575. The summed E-state index contributed by atoms with van der Waals surface area (Å²) in [7, 11) is 1.60. The van der Waals surface area contributed by atoms with Gasteiger partial charge in [-0.2, -0.15) is 5.26 Å². The average Bonchev–Trinajstić information content (AvgIpc) is 3.67. The van der Waals surface area contributed by atoms with Gasteiger partial charge in [0.1, 0.15) is 18.4 Å². The maximum atomic E-state index is 14.2. The van der Waals surface area contributed by atoms with Crippen LogP contribution in [-0.4, -0.2) is 79.1 Å². The highest BCUT2D eigenvalue weighted by Gasteiger charge is 2.32. The molecule has 1 saturated heterocycles. The first kappa shape index (κ1) is 35.7. The molecule has 2 aromatic rings. The Morgan fingerprint density at radius 2 is 1.78 bits per heavy atom. The minimum Gasteiger partial charge on any atom is -0.495 e. The van der Waals surface area contributed by atoms with Crippen LogP contribution in [0.1, 0.15) is 100 Å². The van der Waals surface area contributed by atoms with E-state index < -0.39 is 0 Å². The molecule has 0 bridgehead atoms. The molecule has 2 aliphatic heterocycles. The highest BCUT2D eigenvalue weighted by atomic mass is 16.6. The molecular formula is C40H53N5O5. The van der Waals surface area contributed by atoms with Gasteiger partial charge in [-0.1, -0.05) is 37.5 Å². The number of aliphatic hydroxyl groups excluding tert-OH is 1. The molecule has 2 N–H and O–H groups in total. The van der Waals surface area contributed by atoms with E-state index in [1.807, 2.05) is 24.1 Å². The van der Waals surface area contributed by atoms with Gasteiger partial charge in [-0.25, -0.2) is 10.2 Å². The molecule has 0 radical (unpaired) electrons. The maximum Gasteiger partial charge on any atom is 0.409 e. The molecule has 50 heavy (non-hydrogen) atoms. The lowest BCUT2D eigenvalue weighted by Gasteiger charge is -2.35. The number of hydrogen-bond acceptors (Lipinski definition) is 8. The molecule has 0 spiro atoms.